The minimum atomic E-state index is -0.683. The van der Waals surface area contributed by atoms with E-state index in [0.29, 0.717) is 11.4 Å². The average molecular weight is 466 g/mol. The van der Waals surface area contributed by atoms with Crippen molar-refractivity contribution in [3.63, 3.8) is 0 Å². The van der Waals surface area contributed by atoms with E-state index in [1.54, 1.807) is 19.1 Å². The summed E-state index contributed by atoms with van der Waals surface area (Å²) in [4.78, 5) is 30.5. The number of aromatic nitrogens is 3. The van der Waals surface area contributed by atoms with Crippen molar-refractivity contribution in [2.75, 3.05) is 11.9 Å². The van der Waals surface area contributed by atoms with E-state index in [1.165, 1.54) is 17.0 Å². The van der Waals surface area contributed by atoms with Crippen molar-refractivity contribution in [1.82, 2.24) is 14.8 Å². The topological polar surface area (TPSA) is 110 Å². The van der Waals surface area contributed by atoms with E-state index < -0.39 is 11.9 Å². The first-order valence-corrected chi connectivity index (χ1v) is 11.0. The van der Waals surface area contributed by atoms with Gasteiger partial charge in [-0.1, -0.05) is 48.5 Å². The van der Waals surface area contributed by atoms with Gasteiger partial charge in [-0.15, -0.1) is 0 Å². The Morgan fingerprint density at radius 3 is 2.60 bits per heavy atom. The third-order valence-corrected chi connectivity index (χ3v) is 5.42. The molecule has 4 aromatic rings. The van der Waals surface area contributed by atoms with Crippen molar-refractivity contribution in [2.24, 2.45) is 0 Å². The largest absolute Gasteiger partial charge is 0.462 e. The standard InChI is InChI=1S/C27H23N5O3/c1-4-35-27(34)22-16-29-32(23-13-18(3)21-12-8-9-17(2)24(21)30-23)25(22)31-26(33)20(15-28)14-19-10-6-5-7-11-19/h5-14,16H,4H2,1-3H3,(H,31,33)/b20-14+. The number of carbonyl (C=O) groups excluding carboxylic acids is 2. The summed E-state index contributed by atoms with van der Waals surface area (Å²) in [7, 11) is 0. The molecular weight excluding hydrogens is 442 g/mol. The van der Waals surface area contributed by atoms with E-state index in [1.807, 2.05) is 62.4 Å². The van der Waals surface area contributed by atoms with Crippen molar-refractivity contribution in [3.8, 4) is 11.9 Å². The van der Waals surface area contributed by atoms with Gasteiger partial charge in [-0.2, -0.15) is 15.0 Å². The molecule has 1 N–H and O–H groups in total. The van der Waals surface area contributed by atoms with Crippen LogP contribution in [-0.4, -0.2) is 33.2 Å². The van der Waals surface area contributed by atoms with Crippen LogP contribution < -0.4 is 5.32 Å². The summed E-state index contributed by atoms with van der Waals surface area (Å²) in [6, 6.07) is 18.7. The van der Waals surface area contributed by atoms with E-state index in [0.717, 1.165) is 22.0 Å². The van der Waals surface area contributed by atoms with Gasteiger partial charge in [0.2, 0.25) is 0 Å². The van der Waals surface area contributed by atoms with Crippen LogP contribution in [0.3, 0.4) is 0 Å². The van der Waals surface area contributed by atoms with Crippen LogP contribution in [0, 0.1) is 25.2 Å². The second-order valence-corrected chi connectivity index (χ2v) is 7.84. The van der Waals surface area contributed by atoms with Gasteiger partial charge in [-0.05, 0) is 49.6 Å². The van der Waals surface area contributed by atoms with Gasteiger partial charge in [0.25, 0.3) is 5.91 Å². The first-order chi connectivity index (χ1) is 16.9. The van der Waals surface area contributed by atoms with Gasteiger partial charge in [-0.25, -0.2) is 9.78 Å². The van der Waals surface area contributed by atoms with Gasteiger partial charge < -0.3 is 10.1 Å². The maximum atomic E-state index is 13.1. The van der Waals surface area contributed by atoms with Crippen molar-refractivity contribution in [2.45, 2.75) is 20.8 Å². The summed E-state index contributed by atoms with van der Waals surface area (Å²) in [5.74, 6) is -0.839. The van der Waals surface area contributed by atoms with E-state index in [2.05, 4.69) is 10.4 Å². The Bertz CT molecular complexity index is 1500. The van der Waals surface area contributed by atoms with Crippen LogP contribution in [0.2, 0.25) is 0 Å². The minimum Gasteiger partial charge on any atom is -0.462 e. The summed E-state index contributed by atoms with van der Waals surface area (Å²) in [5.41, 5.74) is 3.35. The number of rotatable bonds is 6. The number of ether oxygens (including phenoxy) is 1. The van der Waals surface area contributed by atoms with Crippen LogP contribution >= 0.6 is 0 Å². The lowest BCUT2D eigenvalue weighted by Crippen LogP contribution is -2.19. The number of nitriles is 1. The number of para-hydroxylation sites is 1. The number of hydrogen-bond acceptors (Lipinski definition) is 6. The third kappa shape index (κ3) is 4.80. The number of anilines is 1. The molecule has 0 fully saturated rings. The van der Waals surface area contributed by atoms with Crippen LogP contribution in [0.5, 0.6) is 0 Å². The van der Waals surface area contributed by atoms with Gasteiger partial charge in [-0.3, -0.25) is 4.79 Å². The van der Waals surface area contributed by atoms with E-state index in [-0.39, 0.29) is 23.6 Å². The molecule has 4 rings (SSSR count). The second-order valence-electron chi connectivity index (χ2n) is 7.84. The zero-order valence-corrected chi connectivity index (χ0v) is 19.6. The summed E-state index contributed by atoms with van der Waals surface area (Å²) in [5, 5.41) is 17.6. The summed E-state index contributed by atoms with van der Waals surface area (Å²) in [6.45, 7) is 5.76. The van der Waals surface area contributed by atoms with Crippen molar-refractivity contribution >= 4 is 34.7 Å². The van der Waals surface area contributed by atoms with Gasteiger partial charge in [0, 0.05) is 5.39 Å². The van der Waals surface area contributed by atoms with E-state index in [4.69, 9.17) is 9.72 Å². The number of benzene rings is 2. The van der Waals surface area contributed by atoms with Crippen LogP contribution in [0.15, 0.2) is 66.4 Å². The quantitative estimate of drug-likeness (QED) is 0.250. The molecule has 8 heteroatoms. The van der Waals surface area contributed by atoms with Crippen LogP contribution in [0.1, 0.15) is 34.0 Å². The van der Waals surface area contributed by atoms with E-state index in [9.17, 15) is 14.9 Å². The Balaban J connectivity index is 1.81. The molecule has 0 spiro atoms. The number of hydrogen-bond donors (Lipinski definition) is 1. The number of nitrogens with zero attached hydrogens (tertiary/aromatic N) is 4. The lowest BCUT2D eigenvalue weighted by atomic mass is 10.1. The highest BCUT2D eigenvalue weighted by Gasteiger charge is 2.24. The molecule has 1 amide bonds. The number of aryl methyl sites for hydroxylation is 2. The molecule has 174 valence electrons. The smallest absolute Gasteiger partial charge is 0.343 e. The molecule has 2 heterocycles. The van der Waals surface area contributed by atoms with Crippen molar-refractivity contribution < 1.29 is 14.3 Å². The Labute approximate surface area is 202 Å². The monoisotopic (exact) mass is 465 g/mol. The maximum absolute atomic E-state index is 13.1. The number of amides is 1. The lowest BCUT2D eigenvalue weighted by molar-refractivity contribution is -0.112. The molecule has 0 saturated carbocycles. The fourth-order valence-electron chi connectivity index (χ4n) is 3.69. The second kappa shape index (κ2) is 10.0. The highest BCUT2D eigenvalue weighted by atomic mass is 16.5. The molecule has 0 atom stereocenters. The molecule has 0 bridgehead atoms. The fraction of sp³-hybridized carbons (Fsp3) is 0.148. The average Bonchev–Trinajstić information content (AvgIpc) is 3.27. The Hall–Kier alpha value is -4.77. The Morgan fingerprint density at radius 1 is 1.11 bits per heavy atom. The molecule has 2 aromatic carbocycles. The highest BCUT2D eigenvalue weighted by molar-refractivity contribution is 6.11. The molecule has 0 unspecified atom stereocenters. The first kappa shape index (κ1) is 23.4. The molecule has 8 nitrogen and oxygen atoms in total. The van der Waals surface area contributed by atoms with E-state index >= 15 is 0 Å². The van der Waals surface area contributed by atoms with Crippen molar-refractivity contribution in [3.05, 3.63) is 88.6 Å². The Morgan fingerprint density at radius 2 is 1.89 bits per heavy atom. The summed E-state index contributed by atoms with van der Waals surface area (Å²) >= 11 is 0. The predicted octanol–water partition coefficient (Wildman–Crippen LogP) is 4.76. The van der Waals surface area contributed by atoms with Crippen LogP contribution in [0.25, 0.3) is 22.8 Å². The first-order valence-electron chi connectivity index (χ1n) is 11.0. The van der Waals surface area contributed by atoms with Gasteiger partial charge >= 0.3 is 5.97 Å². The number of fused-ring (bicyclic) bond motifs is 1. The summed E-state index contributed by atoms with van der Waals surface area (Å²) in [6.07, 6.45) is 2.79. The number of pyridine rings is 1. The molecule has 0 radical (unpaired) electrons. The van der Waals surface area contributed by atoms with Gasteiger partial charge in [0.15, 0.2) is 11.6 Å². The van der Waals surface area contributed by atoms with Crippen LogP contribution in [-0.2, 0) is 9.53 Å². The molecule has 0 aliphatic heterocycles. The third-order valence-electron chi connectivity index (χ3n) is 5.42. The number of carbonyl (C=O) groups is 2. The molecule has 0 aliphatic carbocycles. The molecular formula is C27H23N5O3. The predicted molar refractivity (Wildman–Crippen MR) is 133 cm³/mol. The maximum Gasteiger partial charge on any atom is 0.343 e. The van der Waals surface area contributed by atoms with Crippen molar-refractivity contribution in [1.29, 1.82) is 5.26 Å². The zero-order valence-electron chi connectivity index (χ0n) is 19.6. The highest BCUT2D eigenvalue weighted by Crippen LogP contribution is 2.26. The molecule has 35 heavy (non-hydrogen) atoms. The molecule has 0 saturated heterocycles. The number of nitrogens with one attached hydrogen (secondary N) is 1. The fourth-order valence-corrected chi connectivity index (χ4v) is 3.69. The normalized spacial score (nSPS) is 11.2. The zero-order chi connectivity index (χ0) is 24.9. The summed E-state index contributed by atoms with van der Waals surface area (Å²) < 4.78 is 6.53. The Kier molecular flexibility index (Phi) is 6.69. The number of esters is 1. The molecule has 2 aromatic heterocycles. The van der Waals surface area contributed by atoms with Gasteiger partial charge in [0.05, 0.1) is 18.3 Å². The van der Waals surface area contributed by atoms with Crippen LogP contribution in [0.4, 0.5) is 5.82 Å². The van der Waals surface area contributed by atoms with Gasteiger partial charge in [0.1, 0.15) is 17.2 Å². The SMILES string of the molecule is CCOC(=O)c1cnn(-c2cc(C)c3cccc(C)c3n2)c1NC(=O)/C(C#N)=C/c1ccccc1. The lowest BCUT2D eigenvalue weighted by Gasteiger charge is -2.13. The minimum absolute atomic E-state index is 0.0570. The molecule has 0 aliphatic rings.